The zero-order valence-corrected chi connectivity index (χ0v) is 14.9. The molecule has 4 rings (SSSR count). The molecule has 0 spiro atoms. The van der Waals surface area contributed by atoms with Crippen LogP contribution in [-0.2, 0) is 6.42 Å². The lowest BCUT2D eigenvalue weighted by atomic mass is 9.98. The number of alkyl halides is 1. The van der Waals surface area contributed by atoms with E-state index in [-0.39, 0.29) is 18.6 Å². The van der Waals surface area contributed by atoms with E-state index >= 15 is 0 Å². The van der Waals surface area contributed by atoms with Crippen molar-refractivity contribution >= 4 is 6.03 Å². The van der Waals surface area contributed by atoms with Crippen molar-refractivity contribution < 1.29 is 13.9 Å². The molecule has 136 valence electrons. The predicted octanol–water partition coefficient (Wildman–Crippen LogP) is 3.75. The minimum atomic E-state index is -0.953. The quantitative estimate of drug-likeness (QED) is 0.722. The molecular formula is C21H23FN2O2. The van der Waals surface area contributed by atoms with Crippen LogP contribution in [0.3, 0.4) is 0 Å². The number of fused-ring (bicyclic) bond motifs is 5. The van der Waals surface area contributed by atoms with Crippen LogP contribution in [0.1, 0.15) is 12.0 Å². The van der Waals surface area contributed by atoms with Gasteiger partial charge >= 0.3 is 6.03 Å². The van der Waals surface area contributed by atoms with Crippen LogP contribution in [0.25, 0.3) is 11.1 Å². The fourth-order valence-corrected chi connectivity index (χ4v) is 3.86. The summed E-state index contributed by atoms with van der Waals surface area (Å²) < 4.78 is 20.0. The maximum atomic E-state index is 14.1. The van der Waals surface area contributed by atoms with E-state index in [1.807, 2.05) is 36.4 Å². The Balaban J connectivity index is 1.74. The van der Waals surface area contributed by atoms with E-state index in [4.69, 9.17) is 4.74 Å². The number of benzene rings is 2. The number of ether oxygens (including phenoxy) is 1. The number of hydrogen-bond donors (Lipinski definition) is 0. The Morgan fingerprint density at radius 2 is 2.00 bits per heavy atom. The molecule has 0 aromatic heterocycles. The molecule has 1 saturated heterocycles. The van der Waals surface area contributed by atoms with Crippen LogP contribution >= 0.6 is 0 Å². The predicted molar refractivity (Wildman–Crippen MR) is 99.1 cm³/mol. The van der Waals surface area contributed by atoms with Gasteiger partial charge in [-0.05, 0) is 23.6 Å². The summed E-state index contributed by atoms with van der Waals surface area (Å²) in [7, 11) is 1.75. The van der Waals surface area contributed by atoms with Crippen molar-refractivity contribution in [3.63, 3.8) is 0 Å². The van der Waals surface area contributed by atoms with Gasteiger partial charge in [0.25, 0.3) is 0 Å². The summed E-state index contributed by atoms with van der Waals surface area (Å²) in [6, 6.07) is 16.0. The molecule has 2 aliphatic rings. The van der Waals surface area contributed by atoms with E-state index in [0.29, 0.717) is 26.0 Å². The second kappa shape index (κ2) is 6.98. The van der Waals surface area contributed by atoms with E-state index in [9.17, 15) is 9.18 Å². The smallest absolute Gasteiger partial charge is 0.320 e. The summed E-state index contributed by atoms with van der Waals surface area (Å²) in [5.41, 5.74) is 3.23. The molecule has 4 nitrogen and oxygen atoms in total. The van der Waals surface area contributed by atoms with Gasteiger partial charge in [-0.25, -0.2) is 9.18 Å². The number of halogens is 1. The minimum absolute atomic E-state index is 0.105. The highest BCUT2D eigenvalue weighted by molar-refractivity contribution is 5.75. The number of likely N-dealkylation sites (N-methyl/N-ethyl adjacent to an activating group) is 1. The van der Waals surface area contributed by atoms with Gasteiger partial charge in [0.2, 0.25) is 0 Å². The number of hydrogen-bond acceptors (Lipinski definition) is 2. The van der Waals surface area contributed by atoms with Gasteiger partial charge in [-0.1, -0.05) is 42.5 Å². The molecule has 5 heteroatoms. The Morgan fingerprint density at radius 1 is 1.15 bits per heavy atom. The Morgan fingerprint density at radius 3 is 2.88 bits per heavy atom. The van der Waals surface area contributed by atoms with Crippen molar-refractivity contribution in [3.8, 4) is 16.9 Å². The minimum Gasteiger partial charge on any atom is -0.491 e. The zero-order chi connectivity index (χ0) is 18.1. The third kappa shape index (κ3) is 3.26. The summed E-state index contributed by atoms with van der Waals surface area (Å²) >= 11 is 0. The molecule has 2 aromatic rings. The molecule has 2 aliphatic heterocycles. The van der Waals surface area contributed by atoms with Crippen molar-refractivity contribution in [3.05, 3.63) is 54.1 Å². The maximum Gasteiger partial charge on any atom is 0.320 e. The number of carbonyl (C=O) groups is 1. The largest absolute Gasteiger partial charge is 0.491 e. The Bertz CT molecular complexity index is 810. The van der Waals surface area contributed by atoms with Crippen LogP contribution in [-0.4, -0.2) is 54.8 Å². The molecule has 0 aliphatic carbocycles. The molecule has 0 radical (unpaired) electrons. The highest BCUT2D eigenvalue weighted by Gasteiger charge is 2.36. The molecule has 1 fully saturated rings. The number of nitrogens with zero attached hydrogens (tertiary/aromatic N) is 2. The molecule has 2 bridgehead atoms. The summed E-state index contributed by atoms with van der Waals surface area (Å²) in [6.07, 6.45) is 0.110. The third-order valence-corrected chi connectivity index (χ3v) is 5.22. The van der Waals surface area contributed by atoms with E-state index < -0.39 is 6.17 Å². The highest BCUT2D eigenvalue weighted by atomic mass is 19.1. The molecule has 0 saturated carbocycles. The molecule has 2 heterocycles. The van der Waals surface area contributed by atoms with Crippen molar-refractivity contribution in [1.82, 2.24) is 9.80 Å². The summed E-state index contributed by atoms with van der Waals surface area (Å²) in [5, 5.41) is 0. The summed E-state index contributed by atoms with van der Waals surface area (Å²) in [6.45, 7) is 1.04. The first-order valence-electron chi connectivity index (χ1n) is 9.09. The lowest BCUT2D eigenvalue weighted by Gasteiger charge is -2.29. The molecule has 0 N–H and O–H groups in total. The first kappa shape index (κ1) is 16.9. The Labute approximate surface area is 153 Å². The average Bonchev–Trinajstić information content (AvgIpc) is 3.01. The van der Waals surface area contributed by atoms with E-state index in [0.717, 1.165) is 22.4 Å². The highest BCUT2D eigenvalue weighted by Crippen LogP contribution is 2.32. The monoisotopic (exact) mass is 354 g/mol. The second-order valence-corrected chi connectivity index (χ2v) is 7.09. The lowest BCUT2D eigenvalue weighted by Crippen LogP contribution is -2.45. The van der Waals surface area contributed by atoms with Crippen LogP contribution in [0.4, 0.5) is 9.18 Å². The van der Waals surface area contributed by atoms with Crippen LogP contribution in [0.2, 0.25) is 0 Å². The van der Waals surface area contributed by atoms with Crippen molar-refractivity contribution in [2.75, 3.05) is 26.7 Å². The van der Waals surface area contributed by atoms with Gasteiger partial charge in [0.15, 0.2) is 0 Å². The summed E-state index contributed by atoms with van der Waals surface area (Å²) in [5.74, 6) is 0.814. The second-order valence-electron chi connectivity index (χ2n) is 7.09. The van der Waals surface area contributed by atoms with Crippen molar-refractivity contribution in [2.24, 2.45) is 0 Å². The lowest BCUT2D eigenvalue weighted by molar-refractivity contribution is 0.147. The van der Waals surface area contributed by atoms with E-state index in [1.165, 1.54) is 0 Å². The fraction of sp³-hybridized carbons (Fsp3) is 0.381. The number of carbonyl (C=O) groups excluding carboxylic acids is 1. The van der Waals surface area contributed by atoms with Crippen LogP contribution in [0, 0.1) is 0 Å². The summed E-state index contributed by atoms with van der Waals surface area (Å²) in [4.78, 5) is 16.1. The first-order chi connectivity index (χ1) is 12.6. The van der Waals surface area contributed by atoms with Gasteiger partial charge in [-0.15, -0.1) is 0 Å². The topological polar surface area (TPSA) is 32.8 Å². The third-order valence-electron chi connectivity index (χ3n) is 5.22. The number of rotatable bonds is 0. The van der Waals surface area contributed by atoms with Crippen LogP contribution in [0.15, 0.2) is 48.5 Å². The molecule has 2 atom stereocenters. The van der Waals surface area contributed by atoms with Crippen LogP contribution < -0.4 is 4.74 Å². The van der Waals surface area contributed by atoms with Gasteiger partial charge in [-0.3, -0.25) is 0 Å². The molecule has 26 heavy (non-hydrogen) atoms. The SMILES string of the molecule is CN1CCOc2ccccc2-c2cccc(c2)C[C@H]2C[C@@H](F)CN2C1=O. The average molecular weight is 354 g/mol. The molecule has 2 aromatic carbocycles. The zero-order valence-electron chi connectivity index (χ0n) is 14.9. The van der Waals surface area contributed by atoms with E-state index in [1.54, 1.807) is 16.8 Å². The number of urea groups is 1. The van der Waals surface area contributed by atoms with Gasteiger partial charge < -0.3 is 14.5 Å². The Kier molecular flexibility index (Phi) is 4.53. The van der Waals surface area contributed by atoms with Crippen LogP contribution in [0.5, 0.6) is 5.75 Å². The van der Waals surface area contributed by atoms with Crippen molar-refractivity contribution in [2.45, 2.75) is 25.1 Å². The maximum absolute atomic E-state index is 14.1. The van der Waals surface area contributed by atoms with Gasteiger partial charge in [0.1, 0.15) is 18.5 Å². The van der Waals surface area contributed by atoms with Gasteiger partial charge in [-0.2, -0.15) is 0 Å². The standard InChI is InChI=1S/C21H23FN2O2/c1-23-9-10-26-20-8-3-2-7-19(20)16-6-4-5-15(11-16)12-18-13-17(22)14-24(18)21(23)25/h2-8,11,17-18H,9-10,12-14H2,1H3/t17-,18+/m1/s1. The normalized spacial score (nSPS) is 23.2. The first-order valence-corrected chi connectivity index (χ1v) is 9.09. The Hall–Kier alpha value is -2.56. The van der Waals surface area contributed by atoms with E-state index in [2.05, 4.69) is 12.1 Å². The van der Waals surface area contributed by atoms with Gasteiger partial charge in [0.05, 0.1) is 13.1 Å². The molecule has 2 amide bonds. The number of para-hydroxylation sites is 1. The fourth-order valence-electron chi connectivity index (χ4n) is 3.86. The number of amides is 2. The van der Waals surface area contributed by atoms with Crippen molar-refractivity contribution in [1.29, 1.82) is 0 Å². The molecule has 0 unspecified atom stereocenters. The molecular weight excluding hydrogens is 331 g/mol. The van der Waals surface area contributed by atoms with Gasteiger partial charge in [0, 0.05) is 25.1 Å².